The van der Waals surface area contributed by atoms with Crippen LogP contribution in [0, 0.1) is 0 Å². The molecule has 5 heteroatoms. The van der Waals surface area contributed by atoms with Gasteiger partial charge in [-0.1, -0.05) is 33.7 Å². The second kappa shape index (κ2) is 10.7. The molecular formula is C23H32NO3P. The van der Waals surface area contributed by atoms with Gasteiger partial charge in [-0.2, -0.15) is 0 Å². The molecule has 1 heterocycles. The van der Waals surface area contributed by atoms with Gasteiger partial charge in [0.15, 0.2) is 6.79 Å². The minimum Gasteiger partial charge on any atom is -0.497 e. The predicted octanol–water partition coefficient (Wildman–Crippen LogP) is 5.12. The van der Waals surface area contributed by atoms with Crippen molar-refractivity contribution in [1.29, 1.82) is 0 Å². The average molecular weight is 401 g/mol. The number of methoxy groups -OCH3 is 2. The molecule has 0 aliphatic carbocycles. The van der Waals surface area contributed by atoms with E-state index < -0.39 is 0 Å². The standard InChI is InChI=1S/C23H32NO3P/c1-4-22(19-16-18(26-3)12-13-21(19)27-17-25-2)28-23-11-7-6-10-20(23)24-14-8-5-9-15-24/h6-7,10-13,16,22,28H,4-5,8-9,14-15,17H2,1-3H3. The molecule has 2 atom stereocenters. The van der Waals surface area contributed by atoms with Crippen LogP contribution in [0.4, 0.5) is 5.69 Å². The van der Waals surface area contributed by atoms with Crippen LogP contribution in [0.5, 0.6) is 11.5 Å². The highest BCUT2D eigenvalue weighted by molar-refractivity contribution is 7.48. The van der Waals surface area contributed by atoms with Crippen LogP contribution in [0.1, 0.15) is 43.8 Å². The molecule has 152 valence electrons. The van der Waals surface area contributed by atoms with Crippen LogP contribution in [0.3, 0.4) is 0 Å². The maximum atomic E-state index is 5.87. The van der Waals surface area contributed by atoms with E-state index in [0.717, 1.165) is 17.9 Å². The summed E-state index contributed by atoms with van der Waals surface area (Å²) in [5, 5.41) is 1.44. The molecule has 1 aliphatic heterocycles. The monoisotopic (exact) mass is 401 g/mol. The van der Waals surface area contributed by atoms with Crippen molar-refractivity contribution in [2.75, 3.05) is 39.0 Å². The van der Waals surface area contributed by atoms with Gasteiger partial charge in [-0.15, -0.1) is 0 Å². The van der Waals surface area contributed by atoms with Gasteiger partial charge in [0.1, 0.15) is 11.5 Å². The lowest BCUT2D eigenvalue weighted by molar-refractivity contribution is 0.0503. The van der Waals surface area contributed by atoms with Crippen molar-refractivity contribution in [1.82, 2.24) is 0 Å². The summed E-state index contributed by atoms with van der Waals surface area (Å²) in [6.07, 6.45) is 4.98. The Kier molecular flexibility index (Phi) is 8.00. The van der Waals surface area contributed by atoms with Gasteiger partial charge in [0, 0.05) is 37.1 Å². The highest BCUT2D eigenvalue weighted by atomic mass is 31.1. The second-order valence-electron chi connectivity index (χ2n) is 7.12. The maximum Gasteiger partial charge on any atom is 0.188 e. The number of hydrogen-bond acceptors (Lipinski definition) is 4. The van der Waals surface area contributed by atoms with Crippen molar-refractivity contribution in [3.05, 3.63) is 48.0 Å². The molecule has 0 bridgehead atoms. The van der Waals surface area contributed by atoms with Gasteiger partial charge in [0.2, 0.25) is 0 Å². The molecular weight excluding hydrogens is 369 g/mol. The third-order valence-electron chi connectivity index (χ3n) is 5.26. The van der Waals surface area contributed by atoms with Crippen molar-refractivity contribution >= 4 is 19.6 Å². The molecule has 0 spiro atoms. The van der Waals surface area contributed by atoms with Crippen LogP contribution < -0.4 is 19.7 Å². The maximum absolute atomic E-state index is 5.87. The zero-order valence-electron chi connectivity index (χ0n) is 17.2. The number of hydrogen-bond donors (Lipinski definition) is 0. The highest BCUT2D eigenvalue weighted by Gasteiger charge is 2.20. The quantitative estimate of drug-likeness (QED) is 0.431. The van der Waals surface area contributed by atoms with E-state index in [-0.39, 0.29) is 6.79 Å². The summed E-state index contributed by atoms with van der Waals surface area (Å²) in [6.45, 7) is 4.84. The molecule has 2 aromatic carbocycles. The summed E-state index contributed by atoms with van der Waals surface area (Å²) < 4.78 is 16.5. The van der Waals surface area contributed by atoms with Crippen molar-refractivity contribution < 1.29 is 14.2 Å². The lowest BCUT2D eigenvalue weighted by Gasteiger charge is -2.31. The number of ether oxygens (including phenoxy) is 3. The summed E-state index contributed by atoms with van der Waals surface area (Å²) in [5.41, 5.74) is 2.99. The largest absolute Gasteiger partial charge is 0.497 e. The fourth-order valence-electron chi connectivity index (χ4n) is 3.77. The number of anilines is 1. The van der Waals surface area contributed by atoms with Gasteiger partial charge in [-0.25, -0.2) is 0 Å². The van der Waals surface area contributed by atoms with Gasteiger partial charge in [-0.05, 0) is 55.3 Å². The summed E-state index contributed by atoms with van der Waals surface area (Å²) in [4.78, 5) is 2.56. The van der Waals surface area contributed by atoms with Crippen molar-refractivity contribution in [2.45, 2.75) is 38.3 Å². The average Bonchev–Trinajstić information content (AvgIpc) is 2.77. The van der Waals surface area contributed by atoms with E-state index in [4.69, 9.17) is 14.2 Å². The Hall–Kier alpha value is -1.77. The van der Waals surface area contributed by atoms with Crippen LogP contribution in [0.2, 0.25) is 0 Å². The third kappa shape index (κ3) is 5.18. The first-order valence-electron chi connectivity index (χ1n) is 10.2. The molecule has 0 saturated carbocycles. The van der Waals surface area contributed by atoms with Crippen LogP contribution in [-0.4, -0.2) is 34.1 Å². The molecule has 3 rings (SSSR count). The molecule has 1 saturated heterocycles. The zero-order chi connectivity index (χ0) is 19.8. The molecule has 2 unspecified atom stereocenters. The van der Waals surface area contributed by atoms with Gasteiger partial charge in [0.05, 0.1) is 7.11 Å². The van der Waals surface area contributed by atoms with E-state index in [1.165, 1.54) is 48.9 Å². The first-order chi connectivity index (χ1) is 13.8. The molecule has 0 N–H and O–H groups in total. The first-order valence-corrected chi connectivity index (χ1v) is 11.2. The van der Waals surface area contributed by atoms with Gasteiger partial charge < -0.3 is 19.1 Å². The number of rotatable bonds is 9. The third-order valence-corrected chi connectivity index (χ3v) is 7.06. The molecule has 0 radical (unpaired) electrons. The van der Waals surface area contributed by atoms with Gasteiger partial charge >= 0.3 is 0 Å². The molecule has 0 amide bonds. The van der Waals surface area contributed by atoms with Crippen molar-refractivity contribution in [2.24, 2.45) is 0 Å². The number of nitrogens with zero attached hydrogens (tertiary/aromatic N) is 1. The van der Waals surface area contributed by atoms with Crippen molar-refractivity contribution in [3.63, 3.8) is 0 Å². The Morgan fingerprint density at radius 1 is 1.04 bits per heavy atom. The van der Waals surface area contributed by atoms with E-state index in [1.807, 2.05) is 12.1 Å². The van der Waals surface area contributed by atoms with E-state index in [9.17, 15) is 0 Å². The fraction of sp³-hybridized carbons (Fsp3) is 0.478. The number of para-hydroxylation sites is 1. The summed E-state index contributed by atoms with van der Waals surface area (Å²) in [7, 11) is 4.04. The number of benzene rings is 2. The Morgan fingerprint density at radius 3 is 2.54 bits per heavy atom. The van der Waals surface area contributed by atoms with Crippen LogP contribution in [0.25, 0.3) is 0 Å². The molecule has 1 fully saturated rings. The second-order valence-corrected chi connectivity index (χ2v) is 8.65. The molecule has 4 nitrogen and oxygen atoms in total. The van der Waals surface area contributed by atoms with E-state index in [1.54, 1.807) is 14.2 Å². The summed E-state index contributed by atoms with van der Waals surface area (Å²) in [5.74, 6) is 1.75. The molecule has 0 aromatic heterocycles. The van der Waals surface area contributed by atoms with Gasteiger partial charge in [-0.3, -0.25) is 0 Å². The predicted molar refractivity (Wildman–Crippen MR) is 119 cm³/mol. The normalized spacial score (nSPS) is 15.8. The molecule has 28 heavy (non-hydrogen) atoms. The fourth-order valence-corrected chi connectivity index (χ4v) is 5.32. The Balaban J connectivity index is 1.88. The zero-order valence-corrected chi connectivity index (χ0v) is 18.2. The molecule has 2 aromatic rings. The van der Waals surface area contributed by atoms with E-state index in [0.29, 0.717) is 14.2 Å². The van der Waals surface area contributed by atoms with Crippen LogP contribution in [0.15, 0.2) is 42.5 Å². The van der Waals surface area contributed by atoms with Crippen LogP contribution in [-0.2, 0) is 4.74 Å². The van der Waals surface area contributed by atoms with E-state index in [2.05, 4.69) is 42.2 Å². The Morgan fingerprint density at radius 2 is 1.82 bits per heavy atom. The highest BCUT2D eigenvalue weighted by Crippen LogP contribution is 2.44. The first kappa shape index (κ1) is 21.0. The lowest BCUT2D eigenvalue weighted by atomic mass is 10.1. The van der Waals surface area contributed by atoms with Gasteiger partial charge in [0.25, 0.3) is 0 Å². The molecule has 1 aliphatic rings. The van der Waals surface area contributed by atoms with Crippen molar-refractivity contribution in [3.8, 4) is 11.5 Å². The number of piperidine rings is 1. The Labute approximate surface area is 171 Å². The minimum atomic E-state index is 0.253. The van der Waals surface area contributed by atoms with E-state index >= 15 is 0 Å². The SMILES string of the molecule is CCC(Pc1ccccc1N1CCCCC1)c1cc(OC)ccc1OCOC. The lowest BCUT2D eigenvalue weighted by Crippen LogP contribution is -2.32. The topological polar surface area (TPSA) is 30.9 Å². The van der Waals surface area contributed by atoms with Crippen LogP contribution >= 0.6 is 8.58 Å². The Bertz CT molecular complexity index is 746. The summed E-state index contributed by atoms with van der Waals surface area (Å²) in [6, 6.07) is 15.0. The smallest absolute Gasteiger partial charge is 0.188 e. The minimum absolute atomic E-state index is 0.253. The summed E-state index contributed by atoms with van der Waals surface area (Å²) >= 11 is 0.